The van der Waals surface area contributed by atoms with E-state index in [1.807, 2.05) is 34.9 Å². The molecule has 8 heteroatoms. The molecule has 168 valence electrons. The summed E-state index contributed by atoms with van der Waals surface area (Å²) < 4.78 is 21.5. The largest absolute Gasteiger partial charge is 0.483 e. The van der Waals surface area contributed by atoms with Crippen LogP contribution in [-0.4, -0.2) is 32.5 Å². The van der Waals surface area contributed by atoms with Gasteiger partial charge in [-0.15, -0.1) is 10.2 Å². The van der Waals surface area contributed by atoms with Gasteiger partial charge < -0.3 is 10.1 Å². The number of nitrogens with zero attached hydrogens (tertiary/aromatic N) is 3. The number of nitrogens with one attached hydrogen (secondary N) is 1. The van der Waals surface area contributed by atoms with Gasteiger partial charge in [0.05, 0.1) is 0 Å². The molecule has 1 fully saturated rings. The van der Waals surface area contributed by atoms with Crippen LogP contribution in [0.5, 0.6) is 5.75 Å². The Morgan fingerprint density at radius 3 is 2.59 bits per heavy atom. The number of benzene rings is 2. The number of carbonyl (C=O) groups excluding carboxylic acids is 1. The number of carbonyl (C=O) groups is 1. The monoisotopic (exact) mass is 454 g/mol. The van der Waals surface area contributed by atoms with Gasteiger partial charge in [-0.25, -0.2) is 4.39 Å². The molecule has 1 saturated carbocycles. The Labute approximate surface area is 191 Å². The normalized spacial score (nSPS) is 14.3. The molecule has 1 amide bonds. The fraction of sp³-hybridized carbons (Fsp3) is 0.375. The summed E-state index contributed by atoms with van der Waals surface area (Å²) in [6, 6.07) is 16.3. The van der Waals surface area contributed by atoms with Crippen molar-refractivity contribution in [3.05, 3.63) is 66.2 Å². The third-order valence-electron chi connectivity index (χ3n) is 5.44. The summed E-state index contributed by atoms with van der Waals surface area (Å²) in [5.74, 6) is 0.991. The minimum Gasteiger partial charge on any atom is -0.483 e. The molecular formula is C24H27FN4O2S. The summed E-state index contributed by atoms with van der Waals surface area (Å²) in [7, 11) is 0. The zero-order valence-electron chi connectivity index (χ0n) is 17.9. The molecule has 0 aliphatic heterocycles. The quantitative estimate of drug-likeness (QED) is 0.465. The summed E-state index contributed by atoms with van der Waals surface area (Å²) >= 11 is 1.48. The highest BCUT2D eigenvalue weighted by molar-refractivity contribution is 7.99. The van der Waals surface area contributed by atoms with Gasteiger partial charge in [0, 0.05) is 23.9 Å². The summed E-state index contributed by atoms with van der Waals surface area (Å²) in [5, 5.41) is 12.4. The average Bonchev–Trinajstić information content (AvgIpc) is 3.22. The van der Waals surface area contributed by atoms with Crippen LogP contribution in [0.3, 0.4) is 0 Å². The fourth-order valence-electron chi connectivity index (χ4n) is 3.81. The molecule has 0 spiro atoms. The van der Waals surface area contributed by atoms with Gasteiger partial charge in [0.2, 0.25) is 5.91 Å². The first-order chi connectivity index (χ1) is 15.7. The second kappa shape index (κ2) is 11.1. The smallest absolute Gasteiger partial charge is 0.221 e. The number of hydrogen-bond donors (Lipinski definition) is 1. The molecule has 1 aliphatic carbocycles. The molecule has 0 radical (unpaired) electrons. The molecule has 32 heavy (non-hydrogen) atoms. The number of halogens is 1. The van der Waals surface area contributed by atoms with Crippen molar-refractivity contribution in [3.63, 3.8) is 0 Å². The average molecular weight is 455 g/mol. The highest BCUT2D eigenvalue weighted by Gasteiger charge is 2.18. The third kappa shape index (κ3) is 5.88. The van der Waals surface area contributed by atoms with Crippen molar-refractivity contribution >= 4 is 17.7 Å². The lowest BCUT2D eigenvalue weighted by molar-refractivity contribution is -0.121. The number of aromatic nitrogens is 3. The predicted octanol–water partition coefficient (Wildman–Crippen LogP) is 4.92. The van der Waals surface area contributed by atoms with Gasteiger partial charge in [0.25, 0.3) is 0 Å². The van der Waals surface area contributed by atoms with E-state index in [9.17, 15) is 9.18 Å². The van der Waals surface area contributed by atoms with E-state index in [0.29, 0.717) is 29.2 Å². The van der Waals surface area contributed by atoms with E-state index in [0.717, 1.165) is 18.5 Å². The van der Waals surface area contributed by atoms with E-state index in [4.69, 9.17) is 4.74 Å². The number of ether oxygens (including phenoxy) is 1. The molecular weight excluding hydrogens is 427 g/mol. The Hall–Kier alpha value is -2.87. The number of para-hydroxylation sites is 2. The Kier molecular flexibility index (Phi) is 7.77. The summed E-state index contributed by atoms with van der Waals surface area (Å²) in [5.41, 5.74) is 0.888. The van der Waals surface area contributed by atoms with Crippen LogP contribution < -0.4 is 10.1 Å². The van der Waals surface area contributed by atoms with Gasteiger partial charge in [-0.1, -0.05) is 61.4 Å². The maximum atomic E-state index is 13.9. The van der Waals surface area contributed by atoms with E-state index in [-0.39, 0.29) is 18.3 Å². The number of rotatable bonds is 9. The summed E-state index contributed by atoms with van der Waals surface area (Å²) in [6.45, 7) is 0.0750. The lowest BCUT2D eigenvalue weighted by Gasteiger charge is -2.22. The van der Waals surface area contributed by atoms with Crippen LogP contribution in [-0.2, 0) is 11.4 Å². The second-order valence-corrected chi connectivity index (χ2v) is 8.85. The lowest BCUT2D eigenvalue weighted by Crippen LogP contribution is -2.36. The maximum absolute atomic E-state index is 13.9. The van der Waals surface area contributed by atoms with Crippen molar-refractivity contribution in [1.82, 2.24) is 20.1 Å². The maximum Gasteiger partial charge on any atom is 0.221 e. The number of thioether (sulfide) groups is 1. The topological polar surface area (TPSA) is 69.0 Å². The molecule has 3 aromatic rings. The Morgan fingerprint density at radius 1 is 1.06 bits per heavy atom. The van der Waals surface area contributed by atoms with Gasteiger partial charge >= 0.3 is 0 Å². The van der Waals surface area contributed by atoms with Crippen LogP contribution >= 0.6 is 11.8 Å². The highest BCUT2D eigenvalue weighted by atomic mass is 32.2. The van der Waals surface area contributed by atoms with Crippen LogP contribution in [0.25, 0.3) is 5.69 Å². The van der Waals surface area contributed by atoms with Crippen molar-refractivity contribution in [1.29, 1.82) is 0 Å². The molecule has 1 heterocycles. The van der Waals surface area contributed by atoms with Crippen molar-refractivity contribution < 1.29 is 13.9 Å². The molecule has 1 aromatic heterocycles. The van der Waals surface area contributed by atoms with Gasteiger partial charge in [-0.2, -0.15) is 0 Å². The van der Waals surface area contributed by atoms with E-state index in [1.54, 1.807) is 18.2 Å². The van der Waals surface area contributed by atoms with Crippen LogP contribution in [0.4, 0.5) is 4.39 Å². The van der Waals surface area contributed by atoms with Gasteiger partial charge in [0.15, 0.2) is 22.5 Å². The molecule has 0 unspecified atom stereocenters. The SMILES string of the molecule is O=C(CCSc1nnc(COc2ccccc2F)n1-c1ccccc1)NC1CCCCC1. The molecule has 0 saturated heterocycles. The first kappa shape index (κ1) is 22.3. The predicted molar refractivity (Wildman–Crippen MR) is 122 cm³/mol. The number of hydrogen-bond acceptors (Lipinski definition) is 5. The molecule has 1 aliphatic rings. The standard InChI is InChI=1S/C24H27FN4O2S/c25-20-13-7-8-14-21(20)31-17-22-27-28-24(29(22)19-11-5-2-6-12-19)32-16-15-23(30)26-18-9-3-1-4-10-18/h2,5-8,11-14,18H,1,3-4,9-10,15-17H2,(H,26,30). The molecule has 6 nitrogen and oxygen atoms in total. The summed E-state index contributed by atoms with van der Waals surface area (Å²) in [4.78, 5) is 12.3. The second-order valence-electron chi connectivity index (χ2n) is 7.79. The van der Waals surface area contributed by atoms with E-state index < -0.39 is 5.82 Å². The van der Waals surface area contributed by atoms with Crippen LogP contribution in [0, 0.1) is 5.82 Å². The van der Waals surface area contributed by atoms with Crippen molar-refractivity contribution in [2.75, 3.05) is 5.75 Å². The lowest BCUT2D eigenvalue weighted by atomic mass is 9.95. The Bertz CT molecular complexity index is 1020. The van der Waals surface area contributed by atoms with E-state index in [2.05, 4.69) is 15.5 Å². The first-order valence-electron chi connectivity index (χ1n) is 11.0. The van der Waals surface area contributed by atoms with Crippen molar-refractivity contribution in [2.45, 2.75) is 56.3 Å². The molecule has 4 rings (SSSR count). The summed E-state index contributed by atoms with van der Waals surface area (Å²) in [6.07, 6.45) is 6.22. The van der Waals surface area contributed by atoms with E-state index >= 15 is 0 Å². The van der Waals surface area contributed by atoms with Crippen LogP contribution in [0.15, 0.2) is 59.8 Å². The van der Waals surface area contributed by atoms with Crippen molar-refractivity contribution in [2.24, 2.45) is 0 Å². The first-order valence-corrected chi connectivity index (χ1v) is 12.0. The Balaban J connectivity index is 1.41. The van der Waals surface area contributed by atoms with Gasteiger partial charge in [0.1, 0.15) is 6.61 Å². The minimum absolute atomic E-state index is 0.0750. The molecule has 0 bridgehead atoms. The third-order valence-corrected chi connectivity index (χ3v) is 6.37. The van der Waals surface area contributed by atoms with Crippen LogP contribution in [0.2, 0.25) is 0 Å². The van der Waals surface area contributed by atoms with E-state index in [1.165, 1.54) is 37.1 Å². The molecule has 1 N–H and O–H groups in total. The zero-order valence-corrected chi connectivity index (χ0v) is 18.7. The van der Waals surface area contributed by atoms with Gasteiger partial charge in [-0.05, 0) is 37.1 Å². The number of amides is 1. The Morgan fingerprint density at radius 2 is 1.81 bits per heavy atom. The highest BCUT2D eigenvalue weighted by Crippen LogP contribution is 2.24. The zero-order chi connectivity index (χ0) is 22.2. The van der Waals surface area contributed by atoms with Gasteiger partial charge in [-0.3, -0.25) is 9.36 Å². The molecule has 2 aromatic carbocycles. The fourth-order valence-corrected chi connectivity index (χ4v) is 4.72. The van der Waals surface area contributed by atoms with Crippen molar-refractivity contribution in [3.8, 4) is 11.4 Å². The molecule has 0 atom stereocenters. The van der Waals surface area contributed by atoms with Crippen LogP contribution in [0.1, 0.15) is 44.3 Å². The minimum atomic E-state index is -0.420.